The second kappa shape index (κ2) is 11.1. The summed E-state index contributed by atoms with van der Waals surface area (Å²) in [6.07, 6.45) is 3.37. The normalized spacial score (nSPS) is 14.4. The van der Waals surface area contributed by atoms with Crippen LogP contribution in [0.5, 0.6) is 0 Å². The van der Waals surface area contributed by atoms with Crippen molar-refractivity contribution in [2.24, 2.45) is 4.99 Å². The average molecular weight is 494 g/mol. The Hall–Kier alpha value is -3.76. The molecule has 1 amide bonds. The van der Waals surface area contributed by atoms with Crippen LogP contribution >= 0.6 is 0 Å². The molecule has 1 saturated heterocycles. The van der Waals surface area contributed by atoms with Gasteiger partial charge in [0.1, 0.15) is 0 Å². The maximum absolute atomic E-state index is 13.2. The predicted octanol–water partition coefficient (Wildman–Crippen LogP) is 2.57. The third-order valence-electron chi connectivity index (χ3n) is 5.55. The highest BCUT2D eigenvalue weighted by Gasteiger charge is 2.22. The summed E-state index contributed by atoms with van der Waals surface area (Å²) in [5.41, 5.74) is 2.09. The summed E-state index contributed by atoms with van der Waals surface area (Å²) in [5.74, 6) is 0.384. The Morgan fingerprint density at radius 2 is 1.74 bits per heavy atom. The minimum Gasteiger partial charge on any atom is -0.378 e. The molecule has 0 unspecified atom stereocenters. The van der Waals surface area contributed by atoms with Gasteiger partial charge >= 0.3 is 0 Å². The number of aromatic nitrogens is 1. The van der Waals surface area contributed by atoms with Gasteiger partial charge in [0.15, 0.2) is 5.96 Å². The summed E-state index contributed by atoms with van der Waals surface area (Å²) in [7, 11) is -2.11. The molecule has 1 fully saturated rings. The number of amides is 1. The number of morpholine rings is 1. The number of anilines is 1. The molecule has 0 saturated carbocycles. The third-order valence-corrected chi connectivity index (χ3v) is 7.32. The van der Waals surface area contributed by atoms with E-state index in [1.54, 1.807) is 60.7 Å². The molecular formula is C25H27N5O4S. The molecule has 2 aromatic carbocycles. The lowest BCUT2D eigenvalue weighted by Crippen LogP contribution is -2.40. The van der Waals surface area contributed by atoms with Gasteiger partial charge in [0.2, 0.25) is 9.84 Å². The number of rotatable bonds is 6. The molecule has 0 aliphatic carbocycles. The standard InChI is InChI=1S/C25H27N5O4S/c1-26-25(29-21-9-11-27-12-10-21)28-18-19-5-7-22(8-6-19)35(32,33)23-4-2-3-20(17-23)24(31)30-13-15-34-16-14-30/h2-12,17H,13-16,18H2,1H3,(H2,26,27,28,29). The number of carbonyl (C=O) groups is 1. The molecule has 35 heavy (non-hydrogen) atoms. The SMILES string of the molecule is CN=C(NCc1ccc(S(=O)(=O)c2cccc(C(=O)N3CCOCC3)c2)cc1)Nc1ccncc1. The fourth-order valence-corrected chi connectivity index (χ4v) is 4.91. The minimum absolute atomic E-state index is 0.0874. The van der Waals surface area contributed by atoms with Crippen molar-refractivity contribution in [2.75, 3.05) is 38.7 Å². The Labute approximate surface area is 204 Å². The first-order valence-corrected chi connectivity index (χ1v) is 12.6. The molecule has 2 N–H and O–H groups in total. The van der Waals surface area contributed by atoms with Crippen molar-refractivity contribution in [3.8, 4) is 0 Å². The molecule has 3 aromatic rings. The maximum atomic E-state index is 13.2. The molecule has 0 atom stereocenters. The third kappa shape index (κ3) is 6.03. The molecule has 1 aromatic heterocycles. The van der Waals surface area contributed by atoms with Crippen LogP contribution in [0.25, 0.3) is 0 Å². The Balaban J connectivity index is 1.43. The Morgan fingerprint density at radius 3 is 2.43 bits per heavy atom. The molecule has 10 heteroatoms. The molecule has 0 bridgehead atoms. The monoisotopic (exact) mass is 493 g/mol. The molecule has 2 heterocycles. The molecular weight excluding hydrogens is 466 g/mol. The van der Waals surface area contributed by atoms with E-state index in [9.17, 15) is 13.2 Å². The molecule has 1 aliphatic heterocycles. The van der Waals surface area contributed by atoms with Crippen LogP contribution in [0.3, 0.4) is 0 Å². The van der Waals surface area contributed by atoms with Gasteiger partial charge < -0.3 is 20.3 Å². The summed E-state index contributed by atoms with van der Waals surface area (Å²) in [5, 5.41) is 6.35. The van der Waals surface area contributed by atoms with Crippen LogP contribution in [0.1, 0.15) is 15.9 Å². The molecule has 0 spiro atoms. The Bertz CT molecular complexity index is 1290. The number of sulfone groups is 1. The van der Waals surface area contributed by atoms with Gasteiger partial charge in [-0.2, -0.15) is 0 Å². The van der Waals surface area contributed by atoms with Gasteiger partial charge in [-0.25, -0.2) is 8.42 Å². The zero-order valence-corrected chi connectivity index (χ0v) is 20.2. The highest BCUT2D eigenvalue weighted by atomic mass is 32.2. The highest BCUT2D eigenvalue weighted by Crippen LogP contribution is 2.23. The first-order chi connectivity index (χ1) is 17.0. The zero-order valence-electron chi connectivity index (χ0n) is 19.3. The van der Waals surface area contributed by atoms with Crippen LogP contribution < -0.4 is 10.6 Å². The van der Waals surface area contributed by atoms with E-state index in [2.05, 4.69) is 20.6 Å². The minimum atomic E-state index is -3.78. The predicted molar refractivity (Wildman–Crippen MR) is 133 cm³/mol. The van der Waals surface area contributed by atoms with Crippen molar-refractivity contribution >= 4 is 27.4 Å². The number of guanidine groups is 1. The van der Waals surface area contributed by atoms with Gasteiger partial charge in [-0.15, -0.1) is 0 Å². The second-order valence-corrected chi connectivity index (χ2v) is 9.82. The number of benzene rings is 2. The number of hydrogen-bond acceptors (Lipinski definition) is 6. The van der Waals surface area contributed by atoms with Gasteiger partial charge in [-0.1, -0.05) is 18.2 Å². The quantitative estimate of drug-likeness (QED) is 0.401. The van der Waals surface area contributed by atoms with Crippen molar-refractivity contribution in [1.29, 1.82) is 0 Å². The fraction of sp³-hybridized carbons (Fsp3) is 0.240. The number of aliphatic imine (C=N–C) groups is 1. The van der Waals surface area contributed by atoms with Gasteiger partial charge in [0, 0.05) is 50.3 Å². The number of carbonyl (C=O) groups excluding carboxylic acids is 1. The maximum Gasteiger partial charge on any atom is 0.254 e. The Morgan fingerprint density at radius 1 is 1.03 bits per heavy atom. The van der Waals surface area contributed by atoms with Crippen LogP contribution in [-0.2, 0) is 21.1 Å². The number of pyridine rings is 1. The second-order valence-electron chi connectivity index (χ2n) is 7.87. The summed E-state index contributed by atoms with van der Waals surface area (Å²) in [6, 6.07) is 16.5. The van der Waals surface area contributed by atoms with Gasteiger partial charge in [-0.05, 0) is 48.0 Å². The Kier molecular flexibility index (Phi) is 7.74. The van der Waals surface area contributed by atoms with Gasteiger partial charge in [0.25, 0.3) is 5.91 Å². The van der Waals surface area contributed by atoms with Crippen LogP contribution in [0, 0.1) is 0 Å². The molecule has 1 aliphatic rings. The zero-order chi connectivity index (χ0) is 24.7. The summed E-state index contributed by atoms with van der Waals surface area (Å²) >= 11 is 0. The number of hydrogen-bond donors (Lipinski definition) is 2. The number of nitrogens with one attached hydrogen (secondary N) is 2. The van der Waals surface area contributed by atoms with E-state index >= 15 is 0 Å². The lowest BCUT2D eigenvalue weighted by Gasteiger charge is -2.27. The van der Waals surface area contributed by atoms with Crippen molar-refractivity contribution in [3.05, 3.63) is 84.2 Å². The largest absolute Gasteiger partial charge is 0.378 e. The van der Waals surface area contributed by atoms with E-state index in [0.29, 0.717) is 44.4 Å². The van der Waals surface area contributed by atoms with E-state index in [1.807, 2.05) is 12.1 Å². The lowest BCUT2D eigenvalue weighted by molar-refractivity contribution is 0.0302. The van der Waals surface area contributed by atoms with E-state index in [-0.39, 0.29) is 15.7 Å². The number of nitrogens with zero attached hydrogens (tertiary/aromatic N) is 3. The van der Waals surface area contributed by atoms with Crippen molar-refractivity contribution in [3.63, 3.8) is 0 Å². The first-order valence-electron chi connectivity index (χ1n) is 11.2. The number of ether oxygens (including phenoxy) is 1. The van der Waals surface area contributed by atoms with E-state index < -0.39 is 9.84 Å². The topological polar surface area (TPSA) is 113 Å². The molecule has 4 rings (SSSR count). The van der Waals surface area contributed by atoms with Crippen LogP contribution in [0.4, 0.5) is 5.69 Å². The van der Waals surface area contributed by atoms with Crippen molar-refractivity contribution in [1.82, 2.24) is 15.2 Å². The van der Waals surface area contributed by atoms with E-state index in [0.717, 1.165) is 11.3 Å². The van der Waals surface area contributed by atoms with Crippen LogP contribution in [0.15, 0.2) is 87.8 Å². The van der Waals surface area contributed by atoms with Crippen LogP contribution in [0.2, 0.25) is 0 Å². The van der Waals surface area contributed by atoms with Crippen molar-refractivity contribution < 1.29 is 17.9 Å². The smallest absolute Gasteiger partial charge is 0.254 e. The highest BCUT2D eigenvalue weighted by molar-refractivity contribution is 7.91. The van der Waals surface area contributed by atoms with Crippen molar-refractivity contribution in [2.45, 2.75) is 16.3 Å². The average Bonchev–Trinajstić information content (AvgIpc) is 2.92. The van der Waals surface area contributed by atoms with Gasteiger partial charge in [-0.3, -0.25) is 14.8 Å². The molecule has 182 valence electrons. The molecule has 0 radical (unpaired) electrons. The first kappa shape index (κ1) is 24.4. The van der Waals surface area contributed by atoms with Gasteiger partial charge in [0.05, 0.1) is 23.0 Å². The summed E-state index contributed by atoms with van der Waals surface area (Å²) in [4.78, 5) is 22.9. The van der Waals surface area contributed by atoms with Crippen LogP contribution in [-0.4, -0.2) is 63.5 Å². The fourth-order valence-electron chi connectivity index (χ4n) is 3.60. The van der Waals surface area contributed by atoms with E-state index in [1.165, 1.54) is 12.1 Å². The summed E-state index contributed by atoms with van der Waals surface area (Å²) < 4.78 is 31.7. The summed E-state index contributed by atoms with van der Waals surface area (Å²) in [6.45, 7) is 2.41. The molecule has 9 nitrogen and oxygen atoms in total. The lowest BCUT2D eigenvalue weighted by atomic mass is 10.2. The van der Waals surface area contributed by atoms with E-state index in [4.69, 9.17) is 4.74 Å².